The van der Waals surface area contributed by atoms with Crippen LogP contribution >= 0.6 is 0 Å². The van der Waals surface area contributed by atoms with Crippen LogP contribution in [0, 0.1) is 17.2 Å². The highest BCUT2D eigenvalue weighted by atomic mass is 16.2. The van der Waals surface area contributed by atoms with Gasteiger partial charge in [-0.25, -0.2) is 0 Å². The fourth-order valence-corrected chi connectivity index (χ4v) is 2.46. The van der Waals surface area contributed by atoms with Gasteiger partial charge in [0.2, 0.25) is 5.91 Å². The summed E-state index contributed by atoms with van der Waals surface area (Å²) >= 11 is 0. The molecule has 0 aliphatic rings. The Bertz CT molecular complexity index is 778. The fourth-order valence-electron chi connectivity index (χ4n) is 2.46. The molecule has 0 bridgehead atoms. The van der Waals surface area contributed by atoms with E-state index in [1.807, 2.05) is 50.9 Å². The van der Waals surface area contributed by atoms with Gasteiger partial charge < -0.3 is 10.2 Å². The van der Waals surface area contributed by atoms with Crippen LogP contribution in [0.4, 0.5) is 5.69 Å². The monoisotopic (exact) mass is 323 g/mol. The van der Waals surface area contributed by atoms with Crippen LogP contribution in [0.3, 0.4) is 0 Å². The Hall–Kier alpha value is -2.54. The lowest BCUT2D eigenvalue weighted by molar-refractivity contribution is -0.123. The van der Waals surface area contributed by atoms with Crippen molar-refractivity contribution in [3.8, 4) is 6.07 Å². The van der Waals surface area contributed by atoms with Gasteiger partial charge in [-0.1, -0.05) is 44.2 Å². The third kappa shape index (κ3) is 3.51. The van der Waals surface area contributed by atoms with Gasteiger partial charge >= 0.3 is 0 Å². The number of carbonyl (C=O) groups excluding carboxylic acids is 1. The average Bonchev–Trinajstić information content (AvgIpc) is 2.59. The minimum Gasteiger partial charge on any atom is -0.363 e. The van der Waals surface area contributed by atoms with E-state index in [2.05, 4.69) is 35.7 Å². The molecule has 0 spiro atoms. The van der Waals surface area contributed by atoms with Crippen molar-refractivity contribution in [3.63, 3.8) is 0 Å². The predicted molar refractivity (Wildman–Crippen MR) is 98.8 cm³/mol. The molecule has 4 heteroatoms. The molecule has 2 aromatic carbocycles. The summed E-state index contributed by atoms with van der Waals surface area (Å²) in [6, 6.07) is 16.1. The van der Waals surface area contributed by atoms with Crippen LogP contribution in [0.2, 0.25) is 0 Å². The third-order valence-electron chi connectivity index (χ3n) is 4.87. The second kappa shape index (κ2) is 6.92. The minimum atomic E-state index is -0.866. The van der Waals surface area contributed by atoms with Crippen molar-refractivity contribution in [2.75, 3.05) is 11.9 Å². The zero-order valence-corrected chi connectivity index (χ0v) is 15.0. The maximum Gasteiger partial charge on any atom is 0.243 e. The zero-order chi connectivity index (χ0) is 17.9. The van der Waals surface area contributed by atoms with Gasteiger partial charge in [0, 0.05) is 12.7 Å². The number of rotatable bonds is 5. The van der Waals surface area contributed by atoms with Gasteiger partial charge in [-0.2, -0.15) is 5.26 Å². The van der Waals surface area contributed by atoms with Gasteiger partial charge in [0.25, 0.3) is 0 Å². The van der Waals surface area contributed by atoms with Crippen molar-refractivity contribution >= 4 is 22.4 Å². The Balaban J connectivity index is 2.19. The lowest BCUT2D eigenvalue weighted by Crippen LogP contribution is -2.54. The maximum atomic E-state index is 12.6. The van der Waals surface area contributed by atoms with E-state index in [0.717, 1.165) is 11.1 Å². The van der Waals surface area contributed by atoms with Crippen LogP contribution in [0.15, 0.2) is 42.5 Å². The standard InChI is InChI=1S/C20H25N3O/c1-14(2)20(4,13-21)22-19(24)15(3)23(5)18-11-10-16-8-6-7-9-17(16)12-18/h6-12,14-15H,1-5H3,(H,22,24)/t15-,20-/m0/s1. The van der Waals surface area contributed by atoms with Crippen LogP contribution in [-0.2, 0) is 4.79 Å². The molecule has 0 aliphatic carbocycles. The molecule has 2 atom stereocenters. The van der Waals surface area contributed by atoms with E-state index in [1.165, 1.54) is 5.39 Å². The highest BCUT2D eigenvalue weighted by Gasteiger charge is 2.32. The Labute approximate surface area is 144 Å². The molecule has 1 amide bonds. The molecule has 0 aromatic heterocycles. The first kappa shape index (κ1) is 17.8. The molecule has 0 saturated heterocycles. The minimum absolute atomic E-state index is 0.0321. The van der Waals surface area contributed by atoms with Crippen molar-refractivity contribution in [2.45, 2.75) is 39.3 Å². The molecule has 0 aliphatic heterocycles. The van der Waals surface area contributed by atoms with E-state index in [1.54, 1.807) is 6.92 Å². The topological polar surface area (TPSA) is 56.1 Å². The third-order valence-corrected chi connectivity index (χ3v) is 4.87. The molecule has 0 unspecified atom stereocenters. The number of anilines is 1. The molecule has 0 fully saturated rings. The zero-order valence-electron chi connectivity index (χ0n) is 15.0. The molecule has 1 N–H and O–H groups in total. The van der Waals surface area contributed by atoms with E-state index in [9.17, 15) is 10.1 Å². The highest BCUT2D eigenvalue weighted by Crippen LogP contribution is 2.23. The number of hydrogen-bond donors (Lipinski definition) is 1. The Morgan fingerprint density at radius 3 is 2.38 bits per heavy atom. The van der Waals surface area contributed by atoms with E-state index < -0.39 is 5.54 Å². The molecular weight excluding hydrogens is 298 g/mol. The number of nitrogens with zero attached hydrogens (tertiary/aromatic N) is 2. The number of benzene rings is 2. The van der Waals surface area contributed by atoms with Crippen LogP contribution < -0.4 is 10.2 Å². The molecule has 0 saturated carbocycles. The Kier molecular flexibility index (Phi) is 5.14. The molecular formula is C20H25N3O. The summed E-state index contributed by atoms with van der Waals surface area (Å²) < 4.78 is 0. The van der Waals surface area contributed by atoms with Crippen LogP contribution in [0.5, 0.6) is 0 Å². The second-order valence-electron chi connectivity index (χ2n) is 6.78. The lowest BCUT2D eigenvalue weighted by Gasteiger charge is -2.32. The van der Waals surface area contributed by atoms with Crippen molar-refractivity contribution in [1.29, 1.82) is 5.26 Å². The first-order valence-electron chi connectivity index (χ1n) is 8.23. The summed E-state index contributed by atoms with van der Waals surface area (Å²) in [5.41, 5.74) is 0.106. The van der Waals surface area contributed by atoms with Crippen LogP contribution in [-0.4, -0.2) is 24.5 Å². The summed E-state index contributed by atoms with van der Waals surface area (Å²) in [6.45, 7) is 7.48. The molecule has 24 heavy (non-hydrogen) atoms. The number of nitrogens with one attached hydrogen (secondary N) is 1. The lowest BCUT2D eigenvalue weighted by atomic mass is 9.89. The van der Waals surface area contributed by atoms with Crippen LogP contribution in [0.25, 0.3) is 10.8 Å². The van der Waals surface area contributed by atoms with Gasteiger partial charge in [-0.3, -0.25) is 4.79 Å². The van der Waals surface area contributed by atoms with Gasteiger partial charge in [0.1, 0.15) is 11.6 Å². The van der Waals surface area contributed by atoms with Crippen molar-refractivity contribution in [1.82, 2.24) is 5.32 Å². The van der Waals surface area contributed by atoms with Crippen molar-refractivity contribution in [2.24, 2.45) is 5.92 Å². The summed E-state index contributed by atoms with van der Waals surface area (Å²) in [7, 11) is 1.90. The van der Waals surface area contributed by atoms with Gasteiger partial charge in [-0.05, 0) is 42.7 Å². The predicted octanol–water partition coefficient (Wildman–Crippen LogP) is 3.72. The quantitative estimate of drug-likeness (QED) is 0.912. The van der Waals surface area contributed by atoms with E-state index in [4.69, 9.17) is 0 Å². The molecule has 0 radical (unpaired) electrons. The van der Waals surface area contributed by atoms with Crippen molar-refractivity contribution < 1.29 is 4.79 Å². The average molecular weight is 323 g/mol. The first-order chi connectivity index (χ1) is 11.3. The van der Waals surface area contributed by atoms with E-state index in [-0.39, 0.29) is 17.9 Å². The molecule has 2 aromatic rings. The number of nitriles is 1. The van der Waals surface area contributed by atoms with Gasteiger partial charge in [0.15, 0.2) is 0 Å². The number of likely N-dealkylation sites (N-methyl/N-ethyl adjacent to an activating group) is 1. The van der Waals surface area contributed by atoms with Gasteiger partial charge in [-0.15, -0.1) is 0 Å². The van der Waals surface area contributed by atoms with E-state index in [0.29, 0.717) is 0 Å². The SMILES string of the molecule is CC(C)[C@](C)(C#N)NC(=O)[C@H](C)N(C)c1ccc2ccccc2c1. The first-order valence-corrected chi connectivity index (χ1v) is 8.23. The molecule has 0 heterocycles. The summed E-state index contributed by atoms with van der Waals surface area (Å²) in [6.07, 6.45) is 0. The largest absolute Gasteiger partial charge is 0.363 e. The number of amides is 1. The molecule has 126 valence electrons. The highest BCUT2D eigenvalue weighted by molar-refractivity contribution is 5.89. The smallest absolute Gasteiger partial charge is 0.243 e. The fraction of sp³-hybridized carbons (Fsp3) is 0.400. The van der Waals surface area contributed by atoms with E-state index >= 15 is 0 Å². The Morgan fingerprint density at radius 1 is 1.17 bits per heavy atom. The summed E-state index contributed by atoms with van der Waals surface area (Å²) in [4.78, 5) is 14.5. The molecule has 4 nitrogen and oxygen atoms in total. The number of hydrogen-bond acceptors (Lipinski definition) is 3. The molecule has 2 rings (SSSR count). The normalized spacial score (nSPS) is 14.7. The van der Waals surface area contributed by atoms with Gasteiger partial charge in [0.05, 0.1) is 6.07 Å². The maximum absolute atomic E-state index is 12.6. The van der Waals surface area contributed by atoms with Crippen LogP contribution in [0.1, 0.15) is 27.7 Å². The number of fused-ring (bicyclic) bond motifs is 1. The summed E-state index contributed by atoms with van der Waals surface area (Å²) in [5, 5.41) is 14.6. The second-order valence-corrected chi connectivity index (χ2v) is 6.78. The number of carbonyl (C=O) groups is 1. The Morgan fingerprint density at radius 2 is 1.79 bits per heavy atom. The summed E-state index contributed by atoms with van der Waals surface area (Å²) in [5.74, 6) is -0.118. The van der Waals surface area contributed by atoms with Crippen molar-refractivity contribution in [3.05, 3.63) is 42.5 Å².